The van der Waals surface area contributed by atoms with E-state index in [1.54, 1.807) is 0 Å². The minimum Gasteiger partial charge on any atom is -0.394 e. The van der Waals surface area contributed by atoms with E-state index in [4.69, 9.17) is 14.9 Å². The second-order valence-electron chi connectivity index (χ2n) is 6.71. The van der Waals surface area contributed by atoms with E-state index in [2.05, 4.69) is 6.92 Å². The average molecular weight is 333 g/mol. The molecule has 0 aliphatic rings. The van der Waals surface area contributed by atoms with Gasteiger partial charge in [0.1, 0.15) is 6.10 Å². The van der Waals surface area contributed by atoms with Crippen LogP contribution in [0.5, 0.6) is 0 Å². The molecule has 4 heteroatoms. The van der Waals surface area contributed by atoms with Crippen LogP contribution in [0, 0.1) is 0 Å². The normalized spacial score (nSPS) is 14.1. The summed E-state index contributed by atoms with van der Waals surface area (Å²) in [7, 11) is 0. The summed E-state index contributed by atoms with van der Waals surface area (Å²) in [5.74, 6) is 0. The van der Waals surface area contributed by atoms with E-state index < -0.39 is 12.2 Å². The minimum atomic E-state index is -0.839. The number of hydrogen-bond donors (Lipinski definition) is 3. The molecule has 0 aromatic heterocycles. The standard InChI is InChI=1S/C19H40O4/c1-2-3-4-5-6-7-8-9-10-11-12-13-14-18(21)16-23-17-19(22)15-20/h18-22H,2-17H2,1H3. The van der Waals surface area contributed by atoms with Crippen molar-refractivity contribution in [1.82, 2.24) is 0 Å². The lowest BCUT2D eigenvalue weighted by atomic mass is 10.0. The molecule has 0 aliphatic heterocycles. The average Bonchev–Trinajstić information content (AvgIpc) is 2.55. The van der Waals surface area contributed by atoms with E-state index in [-0.39, 0.29) is 19.8 Å². The van der Waals surface area contributed by atoms with Gasteiger partial charge in [0.2, 0.25) is 0 Å². The summed E-state index contributed by atoms with van der Waals surface area (Å²) in [5, 5.41) is 27.5. The first-order valence-electron chi connectivity index (χ1n) is 9.75. The van der Waals surface area contributed by atoms with Gasteiger partial charge in [-0.2, -0.15) is 0 Å². The summed E-state index contributed by atoms with van der Waals surface area (Å²) in [4.78, 5) is 0. The van der Waals surface area contributed by atoms with Gasteiger partial charge in [0.05, 0.1) is 25.9 Å². The zero-order chi connectivity index (χ0) is 17.2. The van der Waals surface area contributed by atoms with E-state index in [0.717, 1.165) is 12.8 Å². The SMILES string of the molecule is CCCCCCCCCCCCCCC(O)COCC(O)CO. The fourth-order valence-corrected chi connectivity index (χ4v) is 2.70. The number of rotatable bonds is 18. The van der Waals surface area contributed by atoms with Crippen LogP contribution in [0.15, 0.2) is 0 Å². The number of ether oxygens (including phenoxy) is 1. The Balaban J connectivity index is 3.14. The first-order valence-corrected chi connectivity index (χ1v) is 9.75. The molecule has 0 aliphatic carbocycles. The molecule has 0 aromatic carbocycles. The second kappa shape index (κ2) is 18.2. The van der Waals surface area contributed by atoms with E-state index in [1.807, 2.05) is 0 Å². The molecule has 0 radical (unpaired) electrons. The molecule has 23 heavy (non-hydrogen) atoms. The van der Waals surface area contributed by atoms with Crippen LogP contribution in [0.4, 0.5) is 0 Å². The fourth-order valence-electron chi connectivity index (χ4n) is 2.70. The Hall–Kier alpha value is -0.160. The summed E-state index contributed by atoms with van der Waals surface area (Å²) < 4.78 is 5.15. The lowest BCUT2D eigenvalue weighted by Gasteiger charge is -2.13. The van der Waals surface area contributed by atoms with Crippen LogP contribution in [0.1, 0.15) is 90.4 Å². The lowest BCUT2D eigenvalue weighted by molar-refractivity contribution is -0.0262. The molecule has 140 valence electrons. The van der Waals surface area contributed by atoms with Crippen molar-refractivity contribution >= 4 is 0 Å². The highest BCUT2D eigenvalue weighted by Crippen LogP contribution is 2.13. The maximum absolute atomic E-state index is 9.73. The molecule has 0 amide bonds. The van der Waals surface area contributed by atoms with Gasteiger partial charge in [-0.3, -0.25) is 0 Å². The van der Waals surface area contributed by atoms with Crippen molar-refractivity contribution < 1.29 is 20.1 Å². The Morgan fingerprint density at radius 3 is 1.57 bits per heavy atom. The van der Waals surface area contributed by atoms with E-state index in [0.29, 0.717) is 0 Å². The van der Waals surface area contributed by atoms with Crippen molar-refractivity contribution in [3.8, 4) is 0 Å². The summed E-state index contributed by atoms with van der Waals surface area (Å²) in [5.41, 5.74) is 0. The van der Waals surface area contributed by atoms with Crippen LogP contribution in [-0.2, 0) is 4.74 Å². The van der Waals surface area contributed by atoms with E-state index in [9.17, 15) is 5.11 Å². The summed E-state index contributed by atoms with van der Waals surface area (Å²) in [6, 6.07) is 0. The molecule has 0 bridgehead atoms. The molecule has 0 fully saturated rings. The highest BCUT2D eigenvalue weighted by atomic mass is 16.5. The monoisotopic (exact) mass is 332 g/mol. The van der Waals surface area contributed by atoms with Gasteiger partial charge >= 0.3 is 0 Å². The topological polar surface area (TPSA) is 69.9 Å². The summed E-state index contributed by atoms with van der Waals surface area (Å²) >= 11 is 0. The third kappa shape index (κ3) is 18.0. The lowest BCUT2D eigenvalue weighted by Crippen LogP contribution is -2.23. The van der Waals surface area contributed by atoms with E-state index in [1.165, 1.54) is 70.6 Å². The fraction of sp³-hybridized carbons (Fsp3) is 1.00. The molecular weight excluding hydrogens is 292 g/mol. The zero-order valence-corrected chi connectivity index (χ0v) is 15.2. The highest BCUT2D eigenvalue weighted by molar-refractivity contribution is 4.57. The van der Waals surface area contributed by atoms with Crippen LogP contribution < -0.4 is 0 Å². The van der Waals surface area contributed by atoms with Crippen molar-refractivity contribution in [3.63, 3.8) is 0 Å². The molecule has 0 aromatic rings. The summed E-state index contributed by atoms with van der Waals surface area (Å²) in [6.45, 7) is 2.30. The summed E-state index contributed by atoms with van der Waals surface area (Å²) in [6.07, 6.45) is 15.3. The molecule has 2 atom stereocenters. The smallest absolute Gasteiger partial charge is 0.100 e. The zero-order valence-electron chi connectivity index (χ0n) is 15.2. The predicted molar refractivity (Wildman–Crippen MR) is 95.6 cm³/mol. The Labute approximate surface area is 143 Å². The molecule has 0 heterocycles. The number of aliphatic hydroxyl groups is 3. The molecule has 3 N–H and O–H groups in total. The van der Waals surface area contributed by atoms with Gasteiger partial charge in [-0.25, -0.2) is 0 Å². The second-order valence-corrected chi connectivity index (χ2v) is 6.71. The third-order valence-corrected chi connectivity index (χ3v) is 4.22. The van der Waals surface area contributed by atoms with Crippen molar-refractivity contribution in [2.24, 2.45) is 0 Å². The van der Waals surface area contributed by atoms with Gasteiger partial charge in [-0.05, 0) is 6.42 Å². The third-order valence-electron chi connectivity index (χ3n) is 4.22. The first-order chi connectivity index (χ1) is 11.2. The van der Waals surface area contributed by atoms with Gasteiger partial charge in [0.25, 0.3) is 0 Å². The maximum atomic E-state index is 9.73. The van der Waals surface area contributed by atoms with Crippen molar-refractivity contribution in [1.29, 1.82) is 0 Å². The maximum Gasteiger partial charge on any atom is 0.100 e. The first kappa shape index (κ1) is 22.8. The molecule has 0 rings (SSSR count). The van der Waals surface area contributed by atoms with Gasteiger partial charge in [-0.15, -0.1) is 0 Å². The van der Waals surface area contributed by atoms with Crippen LogP contribution >= 0.6 is 0 Å². The van der Waals surface area contributed by atoms with Crippen LogP contribution in [0.3, 0.4) is 0 Å². The van der Waals surface area contributed by atoms with Crippen molar-refractivity contribution in [2.75, 3.05) is 19.8 Å². The highest BCUT2D eigenvalue weighted by Gasteiger charge is 2.06. The molecule has 0 saturated carbocycles. The Bertz CT molecular complexity index is 223. The molecule has 4 nitrogen and oxygen atoms in total. The molecule has 0 saturated heterocycles. The predicted octanol–water partition coefficient (Wildman–Crippen LogP) is 3.81. The quantitative estimate of drug-likeness (QED) is 0.334. The molecule has 0 spiro atoms. The Morgan fingerprint density at radius 2 is 1.09 bits per heavy atom. The Kier molecular flexibility index (Phi) is 18.1. The molecular formula is C19H40O4. The van der Waals surface area contributed by atoms with Crippen LogP contribution in [0.25, 0.3) is 0 Å². The number of unbranched alkanes of at least 4 members (excludes halogenated alkanes) is 11. The van der Waals surface area contributed by atoms with Crippen molar-refractivity contribution in [2.45, 2.75) is 103 Å². The largest absolute Gasteiger partial charge is 0.394 e. The van der Waals surface area contributed by atoms with Gasteiger partial charge in [0, 0.05) is 0 Å². The van der Waals surface area contributed by atoms with Crippen LogP contribution in [0.2, 0.25) is 0 Å². The molecule has 2 unspecified atom stereocenters. The van der Waals surface area contributed by atoms with Gasteiger partial charge in [-0.1, -0.05) is 84.0 Å². The Morgan fingerprint density at radius 1 is 0.652 bits per heavy atom. The number of aliphatic hydroxyl groups excluding tert-OH is 3. The van der Waals surface area contributed by atoms with Crippen molar-refractivity contribution in [3.05, 3.63) is 0 Å². The van der Waals surface area contributed by atoms with Gasteiger partial charge < -0.3 is 20.1 Å². The number of hydrogen-bond acceptors (Lipinski definition) is 4. The van der Waals surface area contributed by atoms with E-state index >= 15 is 0 Å². The minimum absolute atomic E-state index is 0.0893. The van der Waals surface area contributed by atoms with Crippen LogP contribution in [-0.4, -0.2) is 47.3 Å². The van der Waals surface area contributed by atoms with Gasteiger partial charge in [0.15, 0.2) is 0 Å².